The van der Waals surface area contributed by atoms with Crippen molar-refractivity contribution in [3.8, 4) is 11.4 Å². The number of halogens is 1. The maximum Gasteiger partial charge on any atom is 0.165 e. The summed E-state index contributed by atoms with van der Waals surface area (Å²) in [5, 5.41) is 7.57. The summed E-state index contributed by atoms with van der Waals surface area (Å²) >= 11 is 3.60. The van der Waals surface area contributed by atoms with Crippen LogP contribution in [-0.4, -0.2) is 26.3 Å². The average molecular weight is 338 g/mol. The van der Waals surface area contributed by atoms with Crippen molar-refractivity contribution in [2.24, 2.45) is 0 Å². The van der Waals surface area contributed by atoms with Gasteiger partial charge in [0, 0.05) is 19.3 Å². The van der Waals surface area contributed by atoms with Gasteiger partial charge in [-0.2, -0.15) is 5.10 Å². The van der Waals surface area contributed by atoms with Crippen LogP contribution in [0, 0.1) is 0 Å². The second kappa shape index (κ2) is 6.35. The van der Waals surface area contributed by atoms with E-state index in [4.69, 9.17) is 0 Å². The van der Waals surface area contributed by atoms with E-state index in [0.717, 1.165) is 34.6 Å². The van der Waals surface area contributed by atoms with E-state index in [2.05, 4.69) is 64.0 Å². The molecule has 0 aromatic carbocycles. The van der Waals surface area contributed by atoms with Crippen LogP contribution in [0.1, 0.15) is 39.3 Å². The molecule has 0 saturated heterocycles. The van der Waals surface area contributed by atoms with Gasteiger partial charge in [-0.3, -0.25) is 4.68 Å². The molecule has 0 aliphatic carbocycles. The second-order valence-electron chi connectivity index (χ2n) is 4.86. The van der Waals surface area contributed by atoms with Gasteiger partial charge in [0.25, 0.3) is 0 Å². The molecule has 5 nitrogen and oxygen atoms in total. The van der Waals surface area contributed by atoms with Crippen LogP contribution in [0.3, 0.4) is 0 Å². The van der Waals surface area contributed by atoms with Crippen LogP contribution >= 0.6 is 15.9 Å². The van der Waals surface area contributed by atoms with Gasteiger partial charge in [-0.1, -0.05) is 13.8 Å². The van der Waals surface area contributed by atoms with Gasteiger partial charge in [-0.25, -0.2) is 9.97 Å². The lowest BCUT2D eigenvalue weighted by Crippen LogP contribution is -2.07. The summed E-state index contributed by atoms with van der Waals surface area (Å²) in [6.45, 7) is 10.0. The summed E-state index contributed by atoms with van der Waals surface area (Å²) in [4.78, 5) is 9.28. The van der Waals surface area contributed by atoms with Crippen molar-refractivity contribution in [1.82, 2.24) is 19.7 Å². The first-order valence-electron chi connectivity index (χ1n) is 6.90. The lowest BCUT2D eigenvalue weighted by molar-refractivity contribution is 0.660. The molecule has 0 bridgehead atoms. The number of anilines is 1. The molecule has 20 heavy (non-hydrogen) atoms. The molecule has 0 saturated carbocycles. The zero-order chi connectivity index (χ0) is 14.7. The van der Waals surface area contributed by atoms with Gasteiger partial charge in [0.2, 0.25) is 0 Å². The maximum atomic E-state index is 4.68. The Morgan fingerprint density at radius 2 is 2.05 bits per heavy atom. The highest BCUT2D eigenvalue weighted by Gasteiger charge is 2.16. The predicted molar refractivity (Wildman–Crippen MR) is 84.9 cm³/mol. The van der Waals surface area contributed by atoms with E-state index in [1.54, 1.807) is 0 Å². The minimum Gasteiger partial charge on any atom is -0.369 e. The molecule has 108 valence electrons. The summed E-state index contributed by atoms with van der Waals surface area (Å²) in [5.74, 6) is 1.88. The second-order valence-corrected chi connectivity index (χ2v) is 5.66. The fourth-order valence-corrected chi connectivity index (χ4v) is 2.69. The minimum atomic E-state index is 0.324. The first-order valence-corrected chi connectivity index (χ1v) is 7.70. The van der Waals surface area contributed by atoms with Crippen molar-refractivity contribution in [2.75, 3.05) is 11.9 Å². The largest absolute Gasteiger partial charge is 0.369 e. The number of hydrogen-bond acceptors (Lipinski definition) is 4. The normalized spacial score (nSPS) is 11.1. The van der Waals surface area contributed by atoms with E-state index in [-0.39, 0.29) is 0 Å². The van der Waals surface area contributed by atoms with Crippen molar-refractivity contribution >= 4 is 21.7 Å². The third-order valence-electron chi connectivity index (χ3n) is 2.98. The fourth-order valence-electron chi connectivity index (χ4n) is 1.91. The van der Waals surface area contributed by atoms with E-state index in [9.17, 15) is 0 Å². The van der Waals surface area contributed by atoms with Gasteiger partial charge in [0.05, 0.1) is 21.9 Å². The highest BCUT2D eigenvalue weighted by Crippen LogP contribution is 2.31. The van der Waals surface area contributed by atoms with Crippen molar-refractivity contribution in [3.05, 3.63) is 22.6 Å². The van der Waals surface area contributed by atoms with Crippen LogP contribution in [0.2, 0.25) is 0 Å². The molecule has 0 amide bonds. The van der Waals surface area contributed by atoms with Crippen molar-refractivity contribution in [1.29, 1.82) is 0 Å². The number of nitrogens with one attached hydrogen (secondary N) is 1. The third kappa shape index (κ3) is 3.00. The van der Waals surface area contributed by atoms with Crippen LogP contribution in [0.15, 0.2) is 16.9 Å². The van der Waals surface area contributed by atoms with E-state index >= 15 is 0 Å². The molecule has 2 heterocycles. The average Bonchev–Trinajstić information content (AvgIpc) is 2.89. The number of rotatable bonds is 5. The van der Waals surface area contributed by atoms with Crippen LogP contribution in [0.5, 0.6) is 0 Å². The highest BCUT2D eigenvalue weighted by molar-refractivity contribution is 9.10. The Labute approximate surface area is 128 Å². The Bertz CT molecular complexity index is 591. The Morgan fingerprint density at radius 3 is 2.60 bits per heavy atom. The summed E-state index contributed by atoms with van der Waals surface area (Å²) in [6.07, 6.45) is 3.79. The number of nitrogens with zero attached hydrogens (tertiary/aromatic N) is 4. The molecular weight excluding hydrogens is 318 g/mol. The molecule has 6 heteroatoms. The van der Waals surface area contributed by atoms with Crippen LogP contribution < -0.4 is 5.32 Å². The van der Waals surface area contributed by atoms with E-state index in [1.807, 2.05) is 17.1 Å². The molecule has 0 atom stereocenters. The van der Waals surface area contributed by atoms with Gasteiger partial charge in [0.1, 0.15) is 5.82 Å². The van der Waals surface area contributed by atoms with Crippen molar-refractivity contribution in [2.45, 2.75) is 40.2 Å². The summed E-state index contributed by atoms with van der Waals surface area (Å²) in [6, 6.07) is 0. The Hall–Kier alpha value is -1.43. The molecule has 0 aliphatic heterocycles. The molecule has 1 N–H and O–H groups in total. The summed E-state index contributed by atoms with van der Waals surface area (Å²) in [7, 11) is 0. The fraction of sp³-hybridized carbons (Fsp3) is 0.500. The zero-order valence-electron chi connectivity index (χ0n) is 12.3. The maximum absolute atomic E-state index is 4.68. The van der Waals surface area contributed by atoms with E-state index < -0.39 is 0 Å². The molecule has 2 rings (SSSR count). The Kier molecular flexibility index (Phi) is 4.75. The smallest absolute Gasteiger partial charge is 0.165 e. The molecule has 0 aliphatic rings. The molecular formula is C14H20BrN5. The first-order chi connectivity index (χ1) is 9.56. The van der Waals surface area contributed by atoms with Gasteiger partial charge in [0.15, 0.2) is 5.82 Å². The third-order valence-corrected chi connectivity index (χ3v) is 3.77. The standard InChI is InChI=1S/C14H20BrN5/c1-5-16-14-11(15)12(9(3)4)18-13(19-14)10-7-17-20(6-2)8-10/h7-9H,5-6H2,1-4H3,(H,16,18,19). The number of aryl methyl sites for hydroxylation is 1. The van der Waals surface area contributed by atoms with Crippen LogP contribution in [0.4, 0.5) is 5.82 Å². The minimum absolute atomic E-state index is 0.324. The zero-order valence-corrected chi connectivity index (χ0v) is 13.9. The topological polar surface area (TPSA) is 55.6 Å². The van der Waals surface area contributed by atoms with Crippen LogP contribution in [-0.2, 0) is 6.54 Å². The highest BCUT2D eigenvalue weighted by atomic mass is 79.9. The SMILES string of the molecule is CCNc1nc(-c2cnn(CC)c2)nc(C(C)C)c1Br. The lowest BCUT2D eigenvalue weighted by atomic mass is 10.1. The van der Waals surface area contributed by atoms with Gasteiger partial charge < -0.3 is 5.32 Å². The van der Waals surface area contributed by atoms with E-state index in [1.165, 1.54) is 0 Å². The predicted octanol–water partition coefficient (Wildman–Crippen LogP) is 3.68. The monoisotopic (exact) mass is 337 g/mol. The number of hydrogen-bond donors (Lipinski definition) is 1. The van der Waals surface area contributed by atoms with Gasteiger partial charge >= 0.3 is 0 Å². The molecule has 2 aromatic heterocycles. The van der Waals surface area contributed by atoms with E-state index in [0.29, 0.717) is 11.7 Å². The Balaban J connectivity index is 2.52. The van der Waals surface area contributed by atoms with Gasteiger partial charge in [-0.15, -0.1) is 0 Å². The first kappa shape index (κ1) is 15.0. The number of aromatic nitrogens is 4. The van der Waals surface area contributed by atoms with Crippen LogP contribution in [0.25, 0.3) is 11.4 Å². The molecule has 0 fully saturated rings. The Morgan fingerprint density at radius 1 is 1.30 bits per heavy atom. The van der Waals surface area contributed by atoms with Crippen molar-refractivity contribution < 1.29 is 0 Å². The summed E-state index contributed by atoms with van der Waals surface area (Å²) in [5.41, 5.74) is 1.95. The molecule has 0 radical (unpaired) electrons. The molecule has 0 spiro atoms. The molecule has 2 aromatic rings. The van der Waals surface area contributed by atoms with Crippen molar-refractivity contribution in [3.63, 3.8) is 0 Å². The summed E-state index contributed by atoms with van der Waals surface area (Å²) < 4.78 is 2.82. The quantitative estimate of drug-likeness (QED) is 0.904. The lowest BCUT2D eigenvalue weighted by Gasteiger charge is -2.13. The van der Waals surface area contributed by atoms with Gasteiger partial charge in [-0.05, 0) is 35.7 Å². The molecule has 0 unspecified atom stereocenters.